The summed E-state index contributed by atoms with van der Waals surface area (Å²) >= 11 is 6.46. The van der Waals surface area contributed by atoms with Crippen molar-refractivity contribution in [1.29, 1.82) is 0 Å². The summed E-state index contributed by atoms with van der Waals surface area (Å²) in [5.74, 6) is 1.19. The zero-order valence-corrected chi connectivity index (χ0v) is 22.6. The molecule has 1 N–H and O–H groups in total. The van der Waals surface area contributed by atoms with Gasteiger partial charge in [-0.1, -0.05) is 84.4 Å². The average molecular weight is 551 g/mol. The highest BCUT2D eigenvalue weighted by Crippen LogP contribution is 2.29. The summed E-state index contributed by atoms with van der Waals surface area (Å²) in [6, 6.07) is 34.4. The third kappa shape index (κ3) is 6.60. The predicted molar refractivity (Wildman–Crippen MR) is 159 cm³/mol. The number of hydrazone groups is 1. The van der Waals surface area contributed by atoms with Crippen LogP contribution in [0.15, 0.2) is 114 Å². The predicted octanol–water partition coefficient (Wildman–Crippen LogP) is 7.42. The fraction of sp³-hybridized carbons (Fsp3) is 0.0909. The van der Waals surface area contributed by atoms with Gasteiger partial charge in [-0.05, 0) is 63.9 Å². The van der Waals surface area contributed by atoms with E-state index in [1.807, 2.05) is 60.7 Å². The lowest BCUT2D eigenvalue weighted by atomic mass is 10.1. The van der Waals surface area contributed by atoms with Gasteiger partial charge in [0.2, 0.25) is 0 Å². The average Bonchev–Trinajstić information content (AvgIpc) is 3.00. The molecule has 40 heavy (non-hydrogen) atoms. The van der Waals surface area contributed by atoms with Crippen molar-refractivity contribution in [2.75, 3.05) is 7.11 Å². The summed E-state index contributed by atoms with van der Waals surface area (Å²) in [4.78, 5) is 12.7. The zero-order valence-electron chi connectivity index (χ0n) is 21.8. The van der Waals surface area contributed by atoms with E-state index in [0.29, 0.717) is 46.6 Å². The van der Waals surface area contributed by atoms with Crippen molar-refractivity contribution in [3.8, 4) is 17.2 Å². The highest BCUT2D eigenvalue weighted by atomic mass is 35.5. The van der Waals surface area contributed by atoms with Crippen molar-refractivity contribution >= 4 is 34.5 Å². The molecule has 0 fully saturated rings. The van der Waals surface area contributed by atoms with Crippen molar-refractivity contribution in [2.24, 2.45) is 5.10 Å². The summed E-state index contributed by atoms with van der Waals surface area (Å²) in [7, 11) is 1.53. The SMILES string of the molecule is COc1cc(C(=O)N/N=C/c2ccc(OCc3cccc4ccccc34)c(Cl)c2)ccc1OCc1ccccc1. The zero-order chi connectivity index (χ0) is 27.7. The van der Waals surface area contributed by atoms with Gasteiger partial charge in [-0.3, -0.25) is 4.79 Å². The van der Waals surface area contributed by atoms with Crippen molar-refractivity contribution in [3.63, 3.8) is 0 Å². The standard InChI is InChI=1S/C33H27ClN2O4/c1-38-32-19-26(15-17-31(32)39-21-23-8-3-2-4-9-23)33(37)36-35-20-24-14-16-30(29(34)18-24)40-22-27-12-7-11-25-10-5-6-13-28(25)27/h2-20H,21-22H2,1H3,(H,36,37)/b35-20+. The van der Waals surface area contributed by atoms with E-state index in [9.17, 15) is 4.79 Å². The topological polar surface area (TPSA) is 69.2 Å². The van der Waals surface area contributed by atoms with Crippen LogP contribution in [0.2, 0.25) is 5.02 Å². The van der Waals surface area contributed by atoms with Crippen LogP contribution in [0.25, 0.3) is 10.8 Å². The molecule has 200 valence electrons. The van der Waals surface area contributed by atoms with Crippen molar-refractivity contribution in [2.45, 2.75) is 13.2 Å². The largest absolute Gasteiger partial charge is 0.493 e. The monoisotopic (exact) mass is 550 g/mol. The number of halogens is 1. The number of rotatable bonds is 10. The third-order valence-corrected chi connectivity index (χ3v) is 6.56. The van der Waals surface area contributed by atoms with Gasteiger partial charge in [-0.2, -0.15) is 5.10 Å². The Morgan fingerprint density at radius 2 is 1.55 bits per heavy atom. The third-order valence-electron chi connectivity index (χ3n) is 6.26. The smallest absolute Gasteiger partial charge is 0.271 e. The lowest BCUT2D eigenvalue weighted by molar-refractivity contribution is 0.0954. The van der Waals surface area contributed by atoms with E-state index in [0.717, 1.165) is 21.9 Å². The molecular weight excluding hydrogens is 524 g/mol. The number of hydrogen-bond acceptors (Lipinski definition) is 5. The molecule has 5 aromatic rings. The molecule has 0 aliphatic carbocycles. The molecular formula is C33H27ClN2O4. The molecule has 0 spiro atoms. The first-order valence-corrected chi connectivity index (χ1v) is 13.1. The number of fused-ring (bicyclic) bond motifs is 1. The fourth-order valence-corrected chi connectivity index (χ4v) is 4.43. The molecule has 5 aromatic carbocycles. The van der Waals surface area contributed by atoms with Crippen LogP contribution in [0.5, 0.6) is 17.2 Å². The maximum absolute atomic E-state index is 12.7. The molecule has 0 heterocycles. The van der Waals surface area contributed by atoms with Gasteiger partial charge in [0.1, 0.15) is 19.0 Å². The highest BCUT2D eigenvalue weighted by molar-refractivity contribution is 6.32. The molecule has 0 atom stereocenters. The second kappa shape index (κ2) is 12.8. The van der Waals surface area contributed by atoms with Crippen LogP contribution in [0.1, 0.15) is 27.0 Å². The van der Waals surface area contributed by atoms with Crippen molar-refractivity contribution < 1.29 is 19.0 Å². The van der Waals surface area contributed by atoms with E-state index < -0.39 is 0 Å². The summed E-state index contributed by atoms with van der Waals surface area (Å²) in [6.45, 7) is 0.784. The Labute approximate surface area is 237 Å². The summed E-state index contributed by atoms with van der Waals surface area (Å²) in [5, 5.41) is 6.83. The molecule has 1 amide bonds. The second-order valence-electron chi connectivity index (χ2n) is 8.96. The van der Waals surface area contributed by atoms with Crippen LogP contribution in [0, 0.1) is 0 Å². The number of nitrogens with zero attached hydrogens (tertiary/aromatic N) is 1. The highest BCUT2D eigenvalue weighted by Gasteiger charge is 2.11. The Hall–Kier alpha value is -4.81. The van der Waals surface area contributed by atoms with E-state index >= 15 is 0 Å². The number of carbonyl (C=O) groups excluding carboxylic acids is 1. The van der Waals surface area contributed by atoms with Crippen LogP contribution in [0.3, 0.4) is 0 Å². The number of ether oxygens (including phenoxy) is 3. The minimum absolute atomic E-state index is 0.384. The molecule has 0 bridgehead atoms. The second-order valence-corrected chi connectivity index (χ2v) is 9.36. The van der Waals surface area contributed by atoms with E-state index in [1.165, 1.54) is 13.3 Å². The minimum atomic E-state index is -0.384. The van der Waals surface area contributed by atoms with Gasteiger partial charge >= 0.3 is 0 Å². The van der Waals surface area contributed by atoms with Gasteiger partial charge in [0.05, 0.1) is 18.3 Å². The van der Waals surface area contributed by atoms with Crippen LogP contribution in [-0.2, 0) is 13.2 Å². The maximum Gasteiger partial charge on any atom is 0.271 e. The molecule has 0 aliphatic heterocycles. The van der Waals surface area contributed by atoms with Crippen LogP contribution in [0.4, 0.5) is 0 Å². The van der Waals surface area contributed by atoms with Gasteiger partial charge in [0, 0.05) is 5.56 Å². The van der Waals surface area contributed by atoms with Crippen LogP contribution >= 0.6 is 11.6 Å². The van der Waals surface area contributed by atoms with Gasteiger partial charge in [-0.15, -0.1) is 0 Å². The molecule has 5 rings (SSSR count). The van der Waals surface area contributed by atoms with Crippen LogP contribution < -0.4 is 19.6 Å². The summed E-state index contributed by atoms with van der Waals surface area (Å²) < 4.78 is 17.3. The first-order valence-electron chi connectivity index (χ1n) is 12.7. The number of amides is 1. The molecule has 0 aromatic heterocycles. The molecule has 7 heteroatoms. The van der Waals surface area contributed by atoms with E-state index in [1.54, 1.807) is 30.3 Å². The first-order chi connectivity index (χ1) is 19.6. The van der Waals surface area contributed by atoms with Gasteiger partial charge < -0.3 is 14.2 Å². The summed E-state index contributed by atoms with van der Waals surface area (Å²) in [6.07, 6.45) is 1.52. The quantitative estimate of drug-likeness (QED) is 0.145. The first kappa shape index (κ1) is 26.8. The van der Waals surface area contributed by atoms with Gasteiger partial charge in [0.25, 0.3) is 5.91 Å². The lowest BCUT2D eigenvalue weighted by Gasteiger charge is -2.12. The molecule has 0 radical (unpaired) electrons. The minimum Gasteiger partial charge on any atom is -0.493 e. The molecule has 0 aliphatic rings. The number of hydrogen-bond donors (Lipinski definition) is 1. The summed E-state index contributed by atoms with van der Waals surface area (Å²) in [5.41, 5.74) is 5.74. The molecule has 0 unspecified atom stereocenters. The fourth-order valence-electron chi connectivity index (χ4n) is 4.18. The van der Waals surface area contributed by atoms with Crippen molar-refractivity contribution in [1.82, 2.24) is 5.43 Å². The Bertz CT molecular complexity index is 1650. The molecule has 6 nitrogen and oxygen atoms in total. The van der Waals surface area contributed by atoms with Gasteiger partial charge in [-0.25, -0.2) is 5.43 Å². The lowest BCUT2D eigenvalue weighted by Crippen LogP contribution is -2.17. The Kier molecular flexibility index (Phi) is 8.59. The maximum atomic E-state index is 12.7. The Morgan fingerprint density at radius 1 is 0.800 bits per heavy atom. The number of benzene rings is 5. The van der Waals surface area contributed by atoms with Crippen molar-refractivity contribution in [3.05, 3.63) is 136 Å². The number of carbonyl (C=O) groups is 1. The molecule has 0 saturated carbocycles. The van der Waals surface area contributed by atoms with E-state index in [2.05, 4.69) is 28.7 Å². The number of nitrogens with one attached hydrogen (secondary N) is 1. The Morgan fingerprint density at radius 3 is 2.38 bits per heavy atom. The van der Waals surface area contributed by atoms with E-state index in [-0.39, 0.29) is 5.91 Å². The van der Waals surface area contributed by atoms with Gasteiger partial charge in [0.15, 0.2) is 11.5 Å². The molecule has 0 saturated heterocycles. The van der Waals surface area contributed by atoms with E-state index in [4.69, 9.17) is 25.8 Å². The van der Waals surface area contributed by atoms with Crippen LogP contribution in [-0.4, -0.2) is 19.2 Å². The Balaban J connectivity index is 1.17. The normalized spacial score (nSPS) is 10.9. The number of methoxy groups -OCH3 is 1.